The molecule has 0 aliphatic rings. The van der Waals surface area contributed by atoms with Crippen LogP contribution in [0.3, 0.4) is 0 Å². The normalized spacial score (nSPS) is 10.8. The highest BCUT2D eigenvalue weighted by Gasteiger charge is 2.06. The molecule has 0 amide bonds. The van der Waals surface area contributed by atoms with Crippen molar-refractivity contribution < 1.29 is 0 Å². The number of fused-ring (bicyclic) bond motifs is 1. The van der Waals surface area contributed by atoms with Gasteiger partial charge >= 0.3 is 0 Å². The van der Waals surface area contributed by atoms with Crippen LogP contribution in [0, 0.1) is 0 Å². The van der Waals surface area contributed by atoms with Gasteiger partial charge in [-0.05, 0) is 11.5 Å². The molecule has 0 spiro atoms. The summed E-state index contributed by atoms with van der Waals surface area (Å²) in [4.78, 5) is 8.43. The minimum absolute atomic E-state index is 0.463. The van der Waals surface area contributed by atoms with Crippen LogP contribution in [0.2, 0.25) is 0 Å². The smallest absolute Gasteiger partial charge is 0.200 e. The van der Waals surface area contributed by atoms with Crippen molar-refractivity contribution in [3.8, 4) is 11.5 Å². The molecule has 5 heteroatoms. The number of hydrogen-bond acceptors (Lipinski definition) is 5. The van der Waals surface area contributed by atoms with Gasteiger partial charge in [0.15, 0.2) is 11.0 Å². The maximum atomic E-state index is 5.55. The van der Waals surface area contributed by atoms with Crippen LogP contribution in [0.4, 0.5) is 5.13 Å². The summed E-state index contributed by atoms with van der Waals surface area (Å²) in [6.07, 6.45) is 1.82. The third-order valence-corrected chi connectivity index (χ3v) is 2.84. The van der Waals surface area contributed by atoms with Gasteiger partial charge in [-0.15, -0.1) is 0 Å². The minimum atomic E-state index is 0.463. The number of anilines is 1. The second kappa shape index (κ2) is 3.53. The van der Waals surface area contributed by atoms with Crippen molar-refractivity contribution in [2.75, 3.05) is 5.73 Å². The highest BCUT2D eigenvalue weighted by molar-refractivity contribution is 7.09. The number of nitrogen functional groups attached to an aromatic ring is 1. The molecule has 16 heavy (non-hydrogen) atoms. The summed E-state index contributed by atoms with van der Waals surface area (Å²) >= 11 is 1.18. The van der Waals surface area contributed by atoms with E-state index in [1.165, 1.54) is 11.5 Å². The third kappa shape index (κ3) is 1.51. The number of hydrogen-bond donors (Lipinski definition) is 1. The SMILES string of the molecule is Nc1nc(-c2cc3ccccc3cn2)ns1. The van der Waals surface area contributed by atoms with E-state index in [1.54, 1.807) is 0 Å². The largest absolute Gasteiger partial charge is 0.374 e. The molecular weight excluding hydrogens is 220 g/mol. The Morgan fingerprint density at radius 3 is 2.69 bits per heavy atom. The van der Waals surface area contributed by atoms with E-state index in [0.717, 1.165) is 16.5 Å². The Balaban J connectivity index is 2.18. The fourth-order valence-electron chi connectivity index (χ4n) is 1.55. The number of rotatable bonds is 1. The van der Waals surface area contributed by atoms with Crippen molar-refractivity contribution in [2.24, 2.45) is 0 Å². The van der Waals surface area contributed by atoms with Crippen LogP contribution >= 0.6 is 11.5 Å². The fraction of sp³-hybridized carbons (Fsp3) is 0. The van der Waals surface area contributed by atoms with Crippen LogP contribution in [-0.2, 0) is 0 Å². The molecule has 2 aromatic heterocycles. The van der Waals surface area contributed by atoms with Gasteiger partial charge in [-0.3, -0.25) is 4.98 Å². The van der Waals surface area contributed by atoms with Crippen LogP contribution in [0.1, 0.15) is 0 Å². The molecule has 0 bridgehead atoms. The monoisotopic (exact) mass is 228 g/mol. The first-order valence-corrected chi connectivity index (χ1v) is 5.54. The molecule has 2 heterocycles. The lowest BCUT2D eigenvalue weighted by Gasteiger charge is -1.98. The average molecular weight is 228 g/mol. The van der Waals surface area contributed by atoms with Gasteiger partial charge in [-0.2, -0.15) is 9.36 Å². The first-order chi connectivity index (χ1) is 7.83. The van der Waals surface area contributed by atoms with Crippen molar-refractivity contribution in [3.63, 3.8) is 0 Å². The number of nitrogens with zero attached hydrogens (tertiary/aromatic N) is 3. The first-order valence-electron chi connectivity index (χ1n) is 4.77. The van der Waals surface area contributed by atoms with E-state index in [4.69, 9.17) is 5.73 Å². The van der Waals surface area contributed by atoms with Gasteiger partial charge in [0.25, 0.3) is 0 Å². The van der Waals surface area contributed by atoms with E-state index in [0.29, 0.717) is 11.0 Å². The lowest BCUT2D eigenvalue weighted by molar-refractivity contribution is 1.25. The van der Waals surface area contributed by atoms with E-state index in [-0.39, 0.29) is 0 Å². The lowest BCUT2D eigenvalue weighted by atomic mass is 10.1. The van der Waals surface area contributed by atoms with E-state index in [9.17, 15) is 0 Å². The Morgan fingerprint density at radius 2 is 1.94 bits per heavy atom. The molecule has 0 radical (unpaired) electrons. The molecule has 0 saturated carbocycles. The van der Waals surface area contributed by atoms with Gasteiger partial charge in [-0.25, -0.2) is 0 Å². The van der Waals surface area contributed by atoms with Crippen LogP contribution in [0.5, 0.6) is 0 Å². The average Bonchev–Trinajstić information content (AvgIpc) is 2.75. The number of benzene rings is 1. The van der Waals surface area contributed by atoms with Gasteiger partial charge in [0.2, 0.25) is 0 Å². The molecular formula is C11H8N4S. The molecule has 4 nitrogen and oxygen atoms in total. The number of pyridine rings is 1. The maximum absolute atomic E-state index is 5.55. The van der Waals surface area contributed by atoms with E-state index >= 15 is 0 Å². The second-order valence-corrected chi connectivity index (χ2v) is 4.16. The summed E-state index contributed by atoms with van der Waals surface area (Å²) in [5.74, 6) is 0.591. The van der Waals surface area contributed by atoms with E-state index in [1.807, 2.05) is 36.5 Å². The molecule has 0 atom stereocenters. The van der Waals surface area contributed by atoms with Gasteiger partial charge in [0.05, 0.1) is 0 Å². The maximum Gasteiger partial charge on any atom is 0.200 e. The van der Waals surface area contributed by atoms with E-state index < -0.39 is 0 Å². The topological polar surface area (TPSA) is 64.7 Å². The summed E-state index contributed by atoms with van der Waals surface area (Å²) in [7, 11) is 0. The van der Waals surface area contributed by atoms with Crippen molar-refractivity contribution in [1.29, 1.82) is 0 Å². The van der Waals surface area contributed by atoms with Crippen LogP contribution in [-0.4, -0.2) is 14.3 Å². The molecule has 0 aliphatic heterocycles. The number of nitrogens with two attached hydrogens (primary N) is 1. The zero-order valence-corrected chi connectivity index (χ0v) is 9.11. The van der Waals surface area contributed by atoms with Crippen molar-refractivity contribution in [1.82, 2.24) is 14.3 Å². The molecule has 0 unspecified atom stereocenters. The standard InChI is InChI=1S/C11H8N4S/c12-11-14-10(15-16-11)9-5-7-3-1-2-4-8(7)6-13-9/h1-6H,(H2,12,14,15). The highest BCUT2D eigenvalue weighted by atomic mass is 32.1. The van der Waals surface area contributed by atoms with Crippen LogP contribution in [0.25, 0.3) is 22.3 Å². The predicted molar refractivity (Wildman–Crippen MR) is 65.1 cm³/mol. The summed E-state index contributed by atoms with van der Waals surface area (Å²) < 4.78 is 4.14. The molecule has 3 aromatic rings. The van der Waals surface area contributed by atoms with Gasteiger partial charge in [0.1, 0.15) is 5.69 Å². The Morgan fingerprint density at radius 1 is 1.12 bits per heavy atom. The predicted octanol–water partition coefficient (Wildman–Crippen LogP) is 2.34. The molecule has 78 valence electrons. The van der Waals surface area contributed by atoms with Gasteiger partial charge in [-0.1, -0.05) is 24.3 Å². The first kappa shape index (κ1) is 9.23. The van der Waals surface area contributed by atoms with E-state index in [2.05, 4.69) is 14.3 Å². The van der Waals surface area contributed by atoms with Crippen LogP contribution in [0.15, 0.2) is 36.5 Å². The quantitative estimate of drug-likeness (QED) is 0.694. The van der Waals surface area contributed by atoms with Crippen molar-refractivity contribution in [2.45, 2.75) is 0 Å². The molecule has 3 rings (SSSR count). The lowest BCUT2D eigenvalue weighted by Crippen LogP contribution is -1.87. The van der Waals surface area contributed by atoms with Crippen molar-refractivity contribution in [3.05, 3.63) is 36.5 Å². The minimum Gasteiger partial charge on any atom is -0.374 e. The van der Waals surface area contributed by atoms with Crippen LogP contribution < -0.4 is 5.73 Å². The molecule has 2 N–H and O–H groups in total. The Kier molecular flexibility index (Phi) is 2.04. The Bertz CT molecular complexity index is 647. The summed E-state index contributed by atoms with van der Waals surface area (Å²) in [6.45, 7) is 0. The van der Waals surface area contributed by atoms with Gasteiger partial charge in [0, 0.05) is 23.1 Å². The number of aromatic nitrogens is 3. The Hall–Kier alpha value is -2.01. The molecule has 0 saturated heterocycles. The van der Waals surface area contributed by atoms with Crippen molar-refractivity contribution >= 4 is 27.4 Å². The second-order valence-electron chi connectivity index (χ2n) is 3.37. The summed E-state index contributed by atoms with van der Waals surface area (Å²) in [5, 5.41) is 2.69. The highest BCUT2D eigenvalue weighted by Crippen LogP contribution is 2.21. The Labute approximate surface area is 96.0 Å². The molecule has 0 aliphatic carbocycles. The zero-order valence-electron chi connectivity index (χ0n) is 8.29. The molecule has 1 aromatic carbocycles. The summed E-state index contributed by atoms with van der Waals surface area (Å²) in [5.41, 5.74) is 6.30. The summed E-state index contributed by atoms with van der Waals surface area (Å²) in [6, 6.07) is 10.0. The zero-order chi connectivity index (χ0) is 11.0. The fourth-order valence-corrected chi connectivity index (χ4v) is 1.99. The van der Waals surface area contributed by atoms with Gasteiger partial charge < -0.3 is 5.73 Å². The molecule has 0 fully saturated rings. The third-order valence-electron chi connectivity index (χ3n) is 2.30.